The molecule has 0 aliphatic carbocycles. The molecule has 238 valence electrons. The van der Waals surface area contributed by atoms with E-state index in [4.69, 9.17) is 38.9 Å². The maximum absolute atomic E-state index is 11.6. The molecule has 0 radical (unpaired) electrons. The van der Waals surface area contributed by atoms with Gasteiger partial charge in [0.15, 0.2) is 0 Å². The van der Waals surface area contributed by atoms with Crippen molar-refractivity contribution in [3.05, 3.63) is 0 Å². The summed E-state index contributed by atoms with van der Waals surface area (Å²) in [6, 6.07) is -0.236. The van der Waals surface area contributed by atoms with E-state index in [-0.39, 0.29) is 10.3 Å². The van der Waals surface area contributed by atoms with Crippen molar-refractivity contribution in [3.63, 3.8) is 0 Å². The summed E-state index contributed by atoms with van der Waals surface area (Å²) in [7, 11) is 0. The summed E-state index contributed by atoms with van der Waals surface area (Å²) in [5.41, 5.74) is 5.31. The van der Waals surface area contributed by atoms with Crippen LogP contribution < -0.4 is 16.4 Å². The van der Waals surface area contributed by atoms with E-state index < -0.39 is 0 Å². The van der Waals surface area contributed by atoms with Crippen LogP contribution >= 0.6 is 0 Å². The van der Waals surface area contributed by atoms with Gasteiger partial charge in [-0.25, -0.2) is 4.79 Å². The standard InChI is InChI=1S/C23H49N3O8.2C2H6.3H2/c1-2-3-4-5-9-28-13-15-30-11-7-25-23(27)26-8-12-31-16-18-33-20-22-34-21-19-32-17-14-29-10-6-24;2*1-2;;;/h2-22,24H2,1H3,(H2,25,26,27);2*1-2H3;3*1H. The van der Waals surface area contributed by atoms with E-state index in [0.717, 1.165) is 13.0 Å². The van der Waals surface area contributed by atoms with Crippen LogP contribution in [0.5, 0.6) is 0 Å². The molecule has 11 heteroatoms. The number of rotatable bonds is 28. The quantitative estimate of drug-likeness (QED) is 0.122. The van der Waals surface area contributed by atoms with Crippen molar-refractivity contribution in [3.8, 4) is 0 Å². The number of nitrogens with one attached hydrogen (secondary N) is 2. The topological polar surface area (TPSA) is 132 Å². The fraction of sp³-hybridized carbons (Fsp3) is 0.963. The van der Waals surface area contributed by atoms with Gasteiger partial charge < -0.3 is 49.5 Å². The summed E-state index contributed by atoms with van der Waals surface area (Å²) >= 11 is 0. The molecule has 0 fully saturated rings. The van der Waals surface area contributed by atoms with E-state index in [1.165, 1.54) is 19.3 Å². The molecule has 0 bridgehead atoms. The van der Waals surface area contributed by atoms with Crippen LogP contribution in [-0.2, 0) is 33.2 Å². The molecule has 0 rings (SSSR count). The Balaban J connectivity index is -0.000000417. The van der Waals surface area contributed by atoms with Crippen LogP contribution in [0.25, 0.3) is 0 Å². The van der Waals surface area contributed by atoms with Gasteiger partial charge in [-0.3, -0.25) is 0 Å². The Morgan fingerprint density at radius 2 is 0.868 bits per heavy atom. The SMILES string of the molecule is CC.CC.CCCCCCOCCOCCNC(=O)NCCOCCOCCOCCOCCOCCN.[HH].[HH].[HH]. The Morgan fingerprint density at radius 3 is 1.24 bits per heavy atom. The van der Waals surface area contributed by atoms with Crippen LogP contribution in [0.2, 0.25) is 0 Å². The first-order chi connectivity index (χ1) is 18.8. The highest BCUT2D eigenvalue weighted by atomic mass is 16.6. The molecule has 4 N–H and O–H groups in total. The molecule has 0 saturated heterocycles. The summed E-state index contributed by atoms with van der Waals surface area (Å²) in [5, 5.41) is 5.46. The van der Waals surface area contributed by atoms with E-state index in [1.807, 2.05) is 27.7 Å². The molecule has 0 heterocycles. The fourth-order valence-electron chi connectivity index (χ4n) is 2.55. The summed E-state index contributed by atoms with van der Waals surface area (Å²) < 4.78 is 37.7. The molecule has 0 aliphatic rings. The minimum absolute atomic E-state index is 0. The van der Waals surface area contributed by atoms with Gasteiger partial charge in [0, 0.05) is 30.5 Å². The van der Waals surface area contributed by atoms with Crippen molar-refractivity contribution in [2.24, 2.45) is 5.73 Å². The van der Waals surface area contributed by atoms with Gasteiger partial charge in [-0.2, -0.15) is 0 Å². The predicted octanol–water partition coefficient (Wildman–Crippen LogP) is 3.73. The van der Waals surface area contributed by atoms with E-state index in [9.17, 15) is 4.79 Å². The number of urea groups is 1. The third-order valence-corrected chi connectivity index (χ3v) is 4.33. The molecule has 0 aliphatic heterocycles. The van der Waals surface area contributed by atoms with E-state index in [0.29, 0.717) is 106 Å². The highest BCUT2D eigenvalue weighted by molar-refractivity contribution is 5.73. The molecule has 0 spiro atoms. The largest absolute Gasteiger partial charge is 0.379 e. The van der Waals surface area contributed by atoms with Gasteiger partial charge in [0.05, 0.1) is 85.9 Å². The number of unbranched alkanes of at least 4 members (excludes halogenated alkanes) is 3. The first-order valence-corrected chi connectivity index (χ1v) is 14.6. The first-order valence-electron chi connectivity index (χ1n) is 14.6. The molecule has 0 saturated carbocycles. The maximum atomic E-state index is 11.6. The Kier molecular flexibility index (Phi) is 46.9. The minimum atomic E-state index is -0.236. The average molecular weight is 562 g/mol. The second-order valence-electron chi connectivity index (χ2n) is 7.32. The molecule has 0 unspecified atom stereocenters. The van der Waals surface area contributed by atoms with Gasteiger partial charge in [-0.15, -0.1) is 0 Å². The number of carbonyl (C=O) groups is 1. The molecule has 0 aromatic rings. The fourth-order valence-corrected chi connectivity index (χ4v) is 2.55. The average Bonchev–Trinajstić information content (AvgIpc) is 2.95. The Labute approximate surface area is 237 Å². The van der Waals surface area contributed by atoms with Crippen LogP contribution in [0.4, 0.5) is 4.79 Å². The lowest BCUT2D eigenvalue weighted by Crippen LogP contribution is -2.39. The molecule has 11 nitrogen and oxygen atoms in total. The lowest BCUT2D eigenvalue weighted by Gasteiger charge is -2.09. The number of carbonyl (C=O) groups excluding carboxylic acids is 1. The van der Waals surface area contributed by atoms with Gasteiger partial charge >= 0.3 is 6.03 Å². The molecule has 38 heavy (non-hydrogen) atoms. The molecule has 0 atom stereocenters. The van der Waals surface area contributed by atoms with Crippen molar-refractivity contribution in [1.82, 2.24) is 10.6 Å². The van der Waals surface area contributed by atoms with Crippen molar-refractivity contribution in [1.29, 1.82) is 0 Å². The van der Waals surface area contributed by atoms with Gasteiger partial charge in [0.1, 0.15) is 0 Å². The third-order valence-electron chi connectivity index (χ3n) is 4.33. The zero-order chi connectivity index (χ0) is 28.8. The Hall–Kier alpha value is -1.05. The number of hydrogen-bond acceptors (Lipinski definition) is 9. The Bertz CT molecular complexity index is 426. The smallest absolute Gasteiger partial charge is 0.314 e. The molecule has 2 amide bonds. The van der Waals surface area contributed by atoms with Crippen LogP contribution in [0.15, 0.2) is 0 Å². The summed E-state index contributed by atoms with van der Waals surface area (Å²) in [6.45, 7) is 19.0. The van der Waals surface area contributed by atoms with E-state index in [1.54, 1.807) is 0 Å². The summed E-state index contributed by atoms with van der Waals surface area (Å²) in [6.07, 6.45) is 4.81. The van der Waals surface area contributed by atoms with Crippen LogP contribution in [0.1, 0.15) is 64.6 Å². The maximum Gasteiger partial charge on any atom is 0.314 e. The second kappa shape index (κ2) is 43.0. The van der Waals surface area contributed by atoms with Crippen molar-refractivity contribution in [2.75, 3.05) is 112 Å². The van der Waals surface area contributed by atoms with Crippen molar-refractivity contribution >= 4 is 6.03 Å². The lowest BCUT2D eigenvalue weighted by atomic mass is 10.2. The highest BCUT2D eigenvalue weighted by Gasteiger charge is 1.99. The molecule has 0 aromatic heterocycles. The van der Waals surface area contributed by atoms with Gasteiger partial charge in [0.25, 0.3) is 0 Å². The normalized spacial score (nSPS) is 10.3. The van der Waals surface area contributed by atoms with E-state index >= 15 is 0 Å². The zero-order valence-electron chi connectivity index (χ0n) is 25.2. The molecular weight excluding hydrogens is 494 g/mol. The predicted molar refractivity (Wildman–Crippen MR) is 159 cm³/mol. The monoisotopic (exact) mass is 561 g/mol. The number of ether oxygens (including phenoxy) is 7. The van der Waals surface area contributed by atoms with Crippen LogP contribution in [0.3, 0.4) is 0 Å². The van der Waals surface area contributed by atoms with Gasteiger partial charge in [-0.05, 0) is 6.42 Å². The third kappa shape index (κ3) is 42.1. The summed E-state index contributed by atoms with van der Waals surface area (Å²) in [5.74, 6) is 0. The zero-order valence-corrected chi connectivity index (χ0v) is 25.2. The number of amides is 2. The van der Waals surface area contributed by atoms with Gasteiger partial charge in [-0.1, -0.05) is 53.9 Å². The molecular formula is C27H67N3O8. The molecule has 0 aromatic carbocycles. The highest BCUT2D eigenvalue weighted by Crippen LogP contribution is 1.98. The van der Waals surface area contributed by atoms with Crippen LogP contribution in [-0.4, -0.2) is 118 Å². The minimum Gasteiger partial charge on any atom is -0.379 e. The van der Waals surface area contributed by atoms with Crippen molar-refractivity contribution < 1.29 is 42.2 Å². The Morgan fingerprint density at radius 1 is 0.526 bits per heavy atom. The van der Waals surface area contributed by atoms with Gasteiger partial charge in [0.2, 0.25) is 0 Å². The lowest BCUT2D eigenvalue weighted by molar-refractivity contribution is -0.0102. The summed E-state index contributed by atoms with van der Waals surface area (Å²) in [4.78, 5) is 11.6. The van der Waals surface area contributed by atoms with E-state index in [2.05, 4.69) is 17.6 Å². The van der Waals surface area contributed by atoms with Crippen LogP contribution in [0, 0.1) is 0 Å². The number of hydrogen-bond donors (Lipinski definition) is 3. The second-order valence-corrected chi connectivity index (χ2v) is 7.32. The first kappa shape index (κ1) is 41.4. The van der Waals surface area contributed by atoms with Crippen molar-refractivity contribution in [2.45, 2.75) is 60.3 Å². The number of nitrogens with two attached hydrogens (primary N) is 1.